The molecule has 0 atom stereocenters. The minimum atomic E-state index is 0.700. The van der Waals surface area contributed by atoms with Gasteiger partial charge >= 0.3 is 0 Å². The Kier molecular flexibility index (Phi) is 4.22. The van der Waals surface area contributed by atoms with Crippen LogP contribution in [0.2, 0.25) is 0 Å². The fourth-order valence-corrected chi connectivity index (χ4v) is 2.94. The van der Waals surface area contributed by atoms with Crippen LogP contribution in [0, 0.1) is 11.3 Å². The Morgan fingerprint density at radius 1 is 1.21 bits per heavy atom. The first-order valence-electron chi connectivity index (χ1n) is 6.26. The monoisotopic (exact) mass is 194 g/mol. The smallest absolute Gasteiger partial charge is 0.0297 e. The highest BCUT2D eigenvalue weighted by Crippen LogP contribution is 2.45. The molecule has 0 unspecified atom stereocenters. The molecule has 0 spiro atoms. The molecule has 82 valence electrons. The Balaban J connectivity index is 2.40. The molecular weight excluding hydrogens is 168 g/mol. The molecule has 0 N–H and O–H groups in total. The lowest BCUT2D eigenvalue weighted by atomic mass is 9.66. The zero-order chi connectivity index (χ0) is 10.6. The summed E-state index contributed by atoms with van der Waals surface area (Å²) in [5, 5.41) is 0. The van der Waals surface area contributed by atoms with E-state index in [1.165, 1.54) is 50.5 Å². The van der Waals surface area contributed by atoms with E-state index < -0.39 is 0 Å². The van der Waals surface area contributed by atoms with Crippen LogP contribution in [-0.2, 0) is 0 Å². The summed E-state index contributed by atoms with van der Waals surface area (Å²) in [7, 11) is 0. The van der Waals surface area contributed by atoms with Crippen LogP contribution in [0.3, 0.4) is 0 Å². The second-order valence-electron chi connectivity index (χ2n) is 5.31. The summed E-state index contributed by atoms with van der Waals surface area (Å²) in [6.45, 7) is 10.9. The highest BCUT2D eigenvalue weighted by atomic mass is 14.4. The Morgan fingerprint density at radius 2 is 1.71 bits per heavy atom. The van der Waals surface area contributed by atoms with Gasteiger partial charge in [-0.05, 0) is 50.4 Å². The molecule has 0 amide bonds. The molecular formula is C14H26. The SMILES string of the molecule is C=C(C)CC1CCC(CC)(CC)CC1. The maximum atomic E-state index is 4.03. The lowest BCUT2D eigenvalue weighted by Gasteiger charge is -2.39. The highest BCUT2D eigenvalue weighted by molar-refractivity contribution is 4.93. The van der Waals surface area contributed by atoms with Crippen molar-refractivity contribution in [3.63, 3.8) is 0 Å². The normalized spacial score (nSPS) is 22.2. The quantitative estimate of drug-likeness (QED) is 0.555. The third kappa shape index (κ3) is 2.87. The van der Waals surface area contributed by atoms with E-state index in [-0.39, 0.29) is 0 Å². The van der Waals surface area contributed by atoms with Crippen LogP contribution in [0.1, 0.15) is 65.7 Å². The van der Waals surface area contributed by atoms with Gasteiger partial charge in [-0.25, -0.2) is 0 Å². The van der Waals surface area contributed by atoms with Gasteiger partial charge in [-0.15, -0.1) is 6.58 Å². The second kappa shape index (κ2) is 5.00. The fourth-order valence-electron chi connectivity index (χ4n) is 2.94. The van der Waals surface area contributed by atoms with Gasteiger partial charge in [-0.2, -0.15) is 0 Å². The summed E-state index contributed by atoms with van der Waals surface area (Å²) in [6, 6.07) is 0. The predicted molar refractivity (Wildman–Crippen MR) is 64.4 cm³/mol. The first-order valence-corrected chi connectivity index (χ1v) is 6.26. The summed E-state index contributed by atoms with van der Waals surface area (Å²) in [5.41, 5.74) is 2.07. The molecule has 1 aliphatic carbocycles. The molecule has 0 aliphatic heterocycles. The second-order valence-corrected chi connectivity index (χ2v) is 5.31. The van der Waals surface area contributed by atoms with Crippen LogP contribution in [0.5, 0.6) is 0 Å². The standard InChI is InChI=1S/C14H26/c1-5-14(6-2)9-7-13(8-10-14)11-12(3)4/h13H,3,5-11H2,1-2,4H3. The molecule has 0 heterocycles. The predicted octanol–water partition coefficient (Wildman–Crippen LogP) is 4.95. The molecule has 1 fully saturated rings. The molecule has 1 aliphatic rings. The molecule has 0 nitrogen and oxygen atoms in total. The molecule has 0 aromatic heterocycles. The highest BCUT2D eigenvalue weighted by Gasteiger charge is 2.31. The van der Waals surface area contributed by atoms with E-state index in [0.29, 0.717) is 5.41 Å². The maximum Gasteiger partial charge on any atom is -0.0297 e. The van der Waals surface area contributed by atoms with Crippen LogP contribution >= 0.6 is 0 Å². The van der Waals surface area contributed by atoms with Gasteiger partial charge in [0.1, 0.15) is 0 Å². The maximum absolute atomic E-state index is 4.03. The molecule has 0 bridgehead atoms. The molecule has 0 aromatic carbocycles. The van der Waals surface area contributed by atoms with Gasteiger partial charge in [0.15, 0.2) is 0 Å². The van der Waals surface area contributed by atoms with Crippen molar-refractivity contribution in [1.82, 2.24) is 0 Å². The average Bonchev–Trinajstić information content (AvgIpc) is 2.19. The van der Waals surface area contributed by atoms with Crippen LogP contribution < -0.4 is 0 Å². The van der Waals surface area contributed by atoms with Crippen molar-refractivity contribution in [3.8, 4) is 0 Å². The molecule has 0 saturated heterocycles. The largest absolute Gasteiger partial charge is 0.100 e. The van der Waals surface area contributed by atoms with Crippen molar-refractivity contribution in [3.05, 3.63) is 12.2 Å². The van der Waals surface area contributed by atoms with Gasteiger partial charge < -0.3 is 0 Å². The molecule has 0 aromatic rings. The van der Waals surface area contributed by atoms with Gasteiger partial charge in [0.2, 0.25) is 0 Å². The molecule has 0 heteroatoms. The fraction of sp³-hybridized carbons (Fsp3) is 0.857. The van der Waals surface area contributed by atoms with Crippen molar-refractivity contribution < 1.29 is 0 Å². The Hall–Kier alpha value is -0.260. The van der Waals surface area contributed by atoms with E-state index in [0.717, 1.165) is 5.92 Å². The first-order chi connectivity index (χ1) is 6.62. The minimum absolute atomic E-state index is 0.700. The van der Waals surface area contributed by atoms with Gasteiger partial charge in [-0.3, -0.25) is 0 Å². The Morgan fingerprint density at radius 3 is 2.07 bits per heavy atom. The molecule has 14 heavy (non-hydrogen) atoms. The number of hydrogen-bond donors (Lipinski definition) is 0. The minimum Gasteiger partial charge on any atom is -0.100 e. The van der Waals surface area contributed by atoms with Gasteiger partial charge in [-0.1, -0.05) is 32.3 Å². The van der Waals surface area contributed by atoms with Gasteiger partial charge in [0.05, 0.1) is 0 Å². The third-order valence-electron chi connectivity index (χ3n) is 4.30. The molecule has 1 saturated carbocycles. The number of allylic oxidation sites excluding steroid dienone is 1. The van der Waals surface area contributed by atoms with Crippen molar-refractivity contribution in [1.29, 1.82) is 0 Å². The first kappa shape index (κ1) is 11.8. The summed E-state index contributed by atoms with van der Waals surface area (Å²) in [6.07, 6.45) is 9.81. The van der Waals surface area contributed by atoms with Crippen molar-refractivity contribution >= 4 is 0 Å². The Labute approximate surface area is 89.8 Å². The lowest BCUT2D eigenvalue weighted by Crippen LogP contribution is -2.26. The van der Waals surface area contributed by atoms with E-state index in [1.807, 2.05) is 0 Å². The summed E-state index contributed by atoms with van der Waals surface area (Å²) in [4.78, 5) is 0. The van der Waals surface area contributed by atoms with Crippen LogP contribution in [0.15, 0.2) is 12.2 Å². The van der Waals surface area contributed by atoms with Gasteiger partial charge in [0.25, 0.3) is 0 Å². The zero-order valence-corrected chi connectivity index (χ0v) is 10.2. The number of rotatable bonds is 4. The Bertz CT molecular complexity index is 176. The topological polar surface area (TPSA) is 0 Å². The van der Waals surface area contributed by atoms with Gasteiger partial charge in [0, 0.05) is 0 Å². The third-order valence-corrected chi connectivity index (χ3v) is 4.30. The van der Waals surface area contributed by atoms with Crippen LogP contribution in [-0.4, -0.2) is 0 Å². The van der Waals surface area contributed by atoms with E-state index in [4.69, 9.17) is 0 Å². The van der Waals surface area contributed by atoms with Crippen LogP contribution in [0.4, 0.5) is 0 Å². The van der Waals surface area contributed by atoms with Crippen molar-refractivity contribution in [2.45, 2.75) is 65.7 Å². The molecule has 1 rings (SSSR count). The van der Waals surface area contributed by atoms with Crippen molar-refractivity contribution in [2.24, 2.45) is 11.3 Å². The van der Waals surface area contributed by atoms with E-state index >= 15 is 0 Å². The summed E-state index contributed by atoms with van der Waals surface area (Å²) in [5.74, 6) is 0.943. The zero-order valence-electron chi connectivity index (χ0n) is 10.2. The van der Waals surface area contributed by atoms with E-state index in [9.17, 15) is 0 Å². The van der Waals surface area contributed by atoms with E-state index in [2.05, 4.69) is 27.4 Å². The van der Waals surface area contributed by atoms with E-state index in [1.54, 1.807) is 0 Å². The lowest BCUT2D eigenvalue weighted by molar-refractivity contribution is 0.136. The number of hydrogen-bond acceptors (Lipinski definition) is 0. The van der Waals surface area contributed by atoms with Crippen molar-refractivity contribution in [2.75, 3.05) is 0 Å². The molecule has 0 radical (unpaired) electrons. The van der Waals surface area contributed by atoms with Crippen LogP contribution in [0.25, 0.3) is 0 Å². The average molecular weight is 194 g/mol. The summed E-state index contributed by atoms with van der Waals surface area (Å²) < 4.78 is 0. The summed E-state index contributed by atoms with van der Waals surface area (Å²) >= 11 is 0.